The second kappa shape index (κ2) is 23.2. The van der Waals surface area contributed by atoms with Gasteiger partial charge in [-0.2, -0.15) is 0 Å². The molecule has 9 unspecified atom stereocenters. The molecule has 0 radical (unpaired) electrons. The summed E-state index contributed by atoms with van der Waals surface area (Å²) in [5.41, 5.74) is 0.0732. The van der Waals surface area contributed by atoms with Crippen LogP contribution in [-0.4, -0.2) is 174 Å². The van der Waals surface area contributed by atoms with Crippen molar-refractivity contribution in [2.24, 2.45) is 5.41 Å². The zero-order chi connectivity index (χ0) is 32.7. The number of epoxide rings is 8. The highest BCUT2D eigenvalue weighted by Gasteiger charge is 2.29. The Kier molecular flexibility index (Phi) is 20.3. The molecule has 8 aliphatic rings. The van der Waals surface area contributed by atoms with Gasteiger partial charge in [0.15, 0.2) is 0 Å². The standard InChI is InChI=1S/C11H20O4.C8H14O3.C7H12O4.C7H12O3.2CH4/c1-11(2,7-12-3-9-5-14-9)8-13-4-10-6-15-10;1-6(2-7-3-10-7)9-4-8-5-11-8;1(6-3-10-6)8-5-9-2-7-4-11-7;1(6-4-9-6)2-8-3-7-5-10-7;;/h9-10H,3-8H2,1-2H3;6-8H,2-5H2,1H3;6-7H,1-5H2;6-7H,1-5H2;2*1H4. The van der Waals surface area contributed by atoms with Crippen LogP contribution in [0.1, 0.15) is 48.5 Å². The highest BCUT2D eigenvalue weighted by molar-refractivity contribution is 4.75. The molecular formula is C35H66O14. The summed E-state index contributed by atoms with van der Waals surface area (Å²) < 4.78 is 72.3. The Bertz CT molecular complexity index is 771. The van der Waals surface area contributed by atoms with Crippen LogP contribution < -0.4 is 0 Å². The summed E-state index contributed by atoms with van der Waals surface area (Å²) in [4.78, 5) is 0. The van der Waals surface area contributed by atoms with Crippen molar-refractivity contribution in [3.8, 4) is 0 Å². The zero-order valence-electron chi connectivity index (χ0n) is 28.6. The van der Waals surface area contributed by atoms with Gasteiger partial charge in [-0.3, -0.25) is 0 Å². The first-order valence-corrected chi connectivity index (χ1v) is 17.3. The first-order valence-electron chi connectivity index (χ1n) is 17.3. The van der Waals surface area contributed by atoms with Crippen molar-refractivity contribution >= 4 is 0 Å². The fraction of sp³-hybridized carbons (Fsp3) is 1.00. The van der Waals surface area contributed by atoms with Gasteiger partial charge >= 0.3 is 0 Å². The lowest BCUT2D eigenvalue weighted by Gasteiger charge is -2.23. The Morgan fingerprint density at radius 1 is 0.490 bits per heavy atom. The van der Waals surface area contributed by atoms with Crippen LogP contribution in [0.15, 0.2) is 0 Å². The van der Waals surface area contributed by atoms with E-state index in [2.05, 4.69) is 20.8 Å². The molecule has 0 spiro atoms. The number of ether oxygens (including phenoxy) is 14. The van der Waals surface area contributed by atoms with Crippen LogP contribution in [-0.2, 0) is 66.3 Å². The van der Waals surface area contributed by atoms with Crippen LogP contribution >= 0.6 is 0 Å². The van der Waals surface area contributed by atoms with Crippen LogP contribution in [0.5, 0.6) is 0 Å². The summed E-state index contributed by atoms with van der Waals surface area (Å²) >= 11 is 0. The minimum atomic E-state index is 0. The largest absolute Gasteiger partial charge is 0.379 e. The van der Waals surface area contributed by atoms with Crippen LogP contribution in [0.3, 0.4) is 0 Å². The maximum atomic E-state index is 5.56. The lowest BCUT2D eigenvalue weighted by molar-refractivity contribution is -0.0611. The molecule has 0 saturated carbocycles. The van der Waals surface area contributed by atoms with Gasteiger partial charge in [0.05, 0.1) is 124 Å². The van der Waals surface area contributed by atoms with Gasteiger partial charge < -0.3 is 66.3 Å². The monoisotopic (exact) mass is 710 g/mol. The topological polar surface area (TPSA) is 156 Å². The average molecular weight is 711 g/mol. The van der Waals surface area contributed by atoms with Crippen molar-refractivity contribution in [1.82, 2.24) is 0 Å². The van der Waals surface area contributed by atoms with Crippen molar-refractivity contribution in [3.05, 3.63) is 0 Å². The Hall–Kier alpha value is -0.560. The summed E-state index contributed by atoms with van der Waals surface area (Å²) in [6.45, 7) is 20.3. The highest BCUT2D eigenvalue weighted by Crippen LogP contribution is 2.20. The van der Waals surface area contributed by atoms with Gasteiger partial charge in [0, 0.05) is 18.4 Å². The van der Waals surface area contributed by atoms with E-state index in [0.717, 1.165) is 112 Å². The number of rotatable bonds is 24. The number of hydrogen-bond acceptors (Lipinski definition) is 14. The van der Waals surface area contributed by atoms with E-state index in [-0.39, 0.29) is 20.3 Å². The second-order valence-electron chi connectivity index (χ2n) is 13.9. The van der Waals surface area contributed by atoms with Crippen molar-refractivity contribution in [1.29, 1.82) is 0 Å². The molecule has 290 valence electrons. The smallest absolute Gasteiger partial charge is 0.146 e. The van der Waals surface area contributed by atoms with Crippen molar-refractivity contribution in [3.63, 3.8) is 0 Å². The van der Waals surface area contributed by atoms with Crippen LogP contribution in [0.4, 0.5) is 0 Å². The molecule has 0 N–H and O–H groups in total. The van der Waals surface area contributed by atoms with Crippen molar-refractivity contribution in [2.75, 3.05) is 119 Å². The van der Waals surface area contributed by atoms with Gasteiger partial charge in [0.1, 0.15) is 43.4 Å². The fourth-order valence-corrected chi connectivity index (χ4v) is 3.96. The van der Waals surface area contributed by atoms with Crippen LogP contribution in [0.25, 0.3) is 0 Å². The molecule has 14 heteroatoms. The first kappa shape index (κ1) is 42.8. The fourth-order valence-electron chi connectivity index (χ4n) is 3.96. The van der Waals surface area contributed by atoms with Gasteiger partial charge in [0.2, 0.25) is 0 Å². The predicted molar refractivity (Wildman–Crippen MR) is 179 cm³/mol. The van der Waals surface area contributed by atoms with Crippen LogP contribution in [0, 0.1) is 5.41 Å². The molecule has 14 nitrogen and oxygen atoms in total. The quantitative estimate of drug-likeness (QED) is 0.0819. The molecule has 8 rings (SSSR count). The molecule has 8 saturated heterocycles. The molecule has 0 aromatic carbocycles. The van der Waals surface area contributed by atoms with E-state index in [4.69, 9.17) is 66.3 Å². The first-order chi connectivity index (χ1) is 22.9. The van der Waals surface area contributed by atoms with E-state index < -0.39 is 0 Å². The maximum absolute atomic E-state index is 5.56. The van der Waals surface area contributed by atoms with Gasteiger partial charge in [-0.15, -0.1) is 0 Å². The molecule has 8 heterocycles. The third kappa shape index (κ3) is 25.9. The minimum Gasteiger partial charge on any atom is -0.379 e. The maximum Gasteiger partial charge on any atom is 0.146 e. The SMILES string of the molecule is C.C.C(CC1CO1)OCC1CO1.C(OCC1CO1)OCC1CO1.CC(C)(COCC1CO1)COCC1CO1.CC(CC1CO1)OCC1CO1. The Balaban J connectivity index is 0.000000176. The van der Waals surface area contributed by atoms with Crippen LogP contribution in [0.2, 0.25) is 0 Å². The van der Waals surface area contributed by atoms with E-state index in [0.29, 0.717) is 74.9 Å². The summed E-state index contributed by atoms with van der Waals surface area (Å²) in [6.07, 6.45) is 5.53. The molecular weight excluding hydrogens is 644 g/mol. The Morgan fingerprint density at radius 3 is 1.22 bits per heavy atom. The van der Waals surface area contributed by atoms with E-state index >= 15 is 0 Å². The molecule has 0 amide bonds. The molecule has 9 atom stereocenters. The van der Waals surface area contributed by atoms with Crippen molar-refractivity contribution < 1.29 is 66.3 Å². The summed E-state index contributed by atoms with van der Waals surface area (Å²) in [7, 11) is 0. The van der Waals surface area contributed by atoms with Crippen molar-refractivity contribution in [2.45, 2.75) is 103 Å². The molecule has 8 aliphatic heterocycles. The average Bonchev–Trinajstić information content (AvgIpc) is 3.85. The predicted octanol–water partition coefficient (Wildman–Crippen LogP) is 2.66. The zero-order valence-corrected chi connectivity index (χ0v) is 28.6. The third-order valence-corrected chi connectivity index (χ3v) is 7.64. The van der Waals surface area contributed by atoms with E-state index in [1.54, 1.807) is 0 Å². The molecule has 0 bridgehead atoms. The Morgan fingerprint density at radius 2 is 0.837 bits per heavy atom. The van der Waals surface area contributed by atoms with E-state index in [9.17, 15) is 0 Å². The summed E-state index contributed by atoms with van der Waals surface area (Å²) in [5, 5.41) is 0. The normalized spacial score (nSPS) is 32.1. The Labute approximate surface area is 294 Å². The number of hydrogen-bond donors (Lipinski definition) is 0. The van der Waals surface area contributed by atoms with E-state index in [1.807, 2.05) is 0 Å². The molecule has 0 aromatic rings. The molecule has 0 aromatic heterocycles. The lowest BCUT2D eigenvalue weighted by Crippen LogP contribution is -2.27. The molecule has 8 fully saturated rings. The molecule has 0 aliphatic carbocycles. The van der Waals surface area contributed by atoms with E-state index in [1.165, 1.54) is 0 Å². The van der Waals surface area contributed by atoms with Gasteiger partial charge in [-0.1, -0.05) is 28.7 Å². The highest BCUT2D eigenvalue weighted by atomic mass is 16.7. The van der Waals surface area contributed by atoms with Gasteiger partial charge in [-0.05, 0) is 13.3 Å². The minimum absolute atomic E-state index is 0. The lowest BCUT2D eigenvalue weighted by atomic mass is 9.96. The summed E-state index contributed by atoms with van der Waals surface area (Å²) in [6, 6.07) is 0. The van der Waals surface area contributed by atoms with Gasteiger partial charge in [0.25, 0.3) is 0 Å². The molecule has 49 heavy (non-hydrogen) atoms. The second-order valence-corrected chi connectivity index (χ2v) is 13.9. The summed E-state index contributed by atoms with van der Waals surface area (Å²) in [5.74, 6) is 0. The van der Waals surface area contributed by atoms with Gasteiger partial charge in [-0.25, -0.2) is 0 Å². The third-order valence-electron chi connectivity index (χ3n) is 7.64.